The molecule has 7 nitrogen and oxygen atoms in total. The lowest BCUT2D eigenvalue weighted by Gasteiger charge is -2.33. The quantitative estimate of drug-likeness (QED) is 0.882. The third-order valence-electron chi connectivity index (χ3n) is 3.85. The zero-order valence-corrected chi connectivity index (χ0v) is 14.1. The summed E-state index contributed by atoms with van der Waals surface area (Å²) in [6.45, 7) is 4.48. The van der Waals surface area contributed by atoms with Crippen LogP contribution in [-0.4, -0.2) is 52.2 Å². The highest BCUT2D eigenvalue weighted by Crippen LogP contribution is 2.45. The zero-order chi connectivity index (χ0) is 16.4. The van der Waals surface area contributed by atoms with E-state index >= 15 is 0 Å². The van der Waals surface area contributed by atoms with Gasteiger partial charge in [-0.15, -0.1) is 0 Å². The number of ether oxygens (including phenoxy) is 2. The Bertz CT molecular complexity index is 718. The van der Waals surface area contributed by atoms with Crippen molar-refractivity contribution in [3.8, 4) is 11.5 Å². The van der Waals surface area contributed by atoms with Crippen LogP contribution in [0.3, 0.4) is 0 Å². The predicted molar refractivity (Wildman–Crippen MR) is 89.0 cm³/mol. The zero-order valence-electron chi connectivity index (χ0n) is 13.3. The average molecular weight is 339 g/mol. The van der Waals surface area contributed by atoms with Gasteiger partial charge in [-0.25, -0.2) is 8.42 Å². The Balaban J connectivity index is 2.05. The number of hydrogen-bond donors (Lipinski definition) is 1. The predicted octanol–water partition coefficient (Wildman–Crippen LogP) is 1.62. The largest absolute Gasteiger partial charge is 0.492 e. The van der Waals surface area contributed by atoms with Gasteiger partial charge in [0.2, 0.25) is 10.0 Å². The van der Waals surface area contributed by atoms with Crippen molar-refractivity contribution < 1.29 is 17.9 Å². The number of fused-ring (bicyclic) bond motifs is 1. The van der Waals surface area contributed by atoms with E-state index in [-0.39, 0.29) is 6.04 Å². The molecule has 0 bridgehead atoms. The van der Waals surface area contributed by atoms with E-state index in [1.54, 1.807) is 6.07 Å². The maximum atomic E-state index is 11.7. The molecular formula is C15H21N3O4S. The molecule has 0 aliphatic carbocycles. The van der Waals surface area contributed by atoms with Gasteiger partial charge < -0.3 is 14.4 Å². The van der Waals surface area contributed by atoms with Crippen LogP contribution in [0.2, 0.25) is 0 Å². The molecule has 0 amide bonds. The van der Waals surface area contributed by atoms with Gasteiger partial charge in [-0.05, 0) is 19.1 Å². The standard InChI is InChI=1S/C15H21N3O4S/c1-3-21-13-5-4-11-12(18-8-7-16-10-18)6-9-22-15(11)14(13)17-23(2,19)20/h4-5,10,12,17H,3,6-9H2,1-2H3. The molecule has 8 heteroatoms. The fraction of sp³-hybridized carbons (Fsp3) is 0.533. The molecule has 1 aromatic rings. The van der Waals surface area contributed by atoms with Crippen LogP contribution < -0.4 is 14.2 Å². The first-order chi connectivity index (χ1) is 11.0. The van der Waals surface area contributed by atoms with Gasteiger partial charge in [0.1, 0.15) is 11.4 Å². The van der Waals surface area contributed by atoms with Crippen LogP contribution in [0, 0.1) is 0 Å². The van der Waals surface area contributed by atoms with E-state index in [1.807, 2.05) is 19.3 Å². The van der Waals surface area contributed by atoms with Gasteiger partial charge in [-0.3, -0.25) is 9.71 Å². The van der Waals surface area contributed by atoms with Crippen molar-refractivity contribution >= 4 is 22.0 Å². The summed E-state index contributed by atoms with van der Waals surface area (Å²) in [5, 5.41) is 0. The molecule has 126 valence electrons. The number of sulfonamides is 1. The van der Waals surface area contributed by atoms with Crippen LogP contribution in [-0.2, 0) is 10.0 Å². The van der Waals surface area contributed by atoms with Crippen LogP contribution in [0.4, 0.5) is 5.69 Å². The van der Waals surface area contributed by atoms with Crippen molar-refractivity contribution in [3.63, 3.8) is 0 Å². The lowest BCUT2D eigenvalue weighted by atomic mass is 9.98. The molecule has 0 saturated heterocycles. The molecule has 2 aliphatic heterocycles. The number of nitrogens with one attached hydrogen (secondary N) is 1. The Morgan fingerprint density at radius 3 is 2.96 bits per heavy atom. The first kappa shape index (κ1) is 15.9. The number of aliphatic imine (C=N–C) groups is 1. The number of hydrogen-bond acceptors (Lipinski definition) is 6. The smallest absolute Gasteiger partial charge is 0.230 e. The fourth-order valence-electron chi connectivity index (χ4n) is 2.96. The Morgan fingerprint density at radius 1 is 1.48 bits per heavy atom. The minimum atomic E-state index is -3.44. The van der Waals surface area contributed by atoms with Crippen LogP contribution >= 0.6 is 0 Å². The Morgan fingerprint density at radius 2 is 2.30 bits per heavy atom. The first-order valence-electron chi connectivity index (χ1n) is 7.65. The van der Waals surface area contributed by atoms with Crippen molar-refractivity contribution in [2.45, 2.75) is 19.4 Å². The van der Waals surface area contributed by atoms with E-state index in [1.165, 1.54) is 0 Å². The Labute approximate surface area is 136 Å². The maximum absolute atomic E-state index is 11.7. The molecule has 1 N–H and O–H groups in total. The lowest BCUT2D eigenvalue weighted by Crippen LogP contribution is -2.30. The summed E-state index contributed by atoms with van der Waals surface area (Å²) in [5.74, 6) is 1.03. The molecule has 0 aromatic heterocycles. The summed E-state index contributed by atoms with van der Waals surface area (Å²) >= 11 is 0. The summed E-state index contributed by atoms with van der Waals surface area (Å²) in [7, 11) is -3.44. The van der Waals surface area contributed by atoms with E-state index in [0.717, 1.165) is 31.3 Å². The molecule has 23 heavy (non-hydrogen) atoms. The van der Waals surface area contributed by atoms with Gasteiger partial charge in [0.25, 0.3) is 0 Å². The minimum Gasteiger partial charge on any atom is -0.492 e. The molecule has 0 fully saturated rings. The summed E-state index contributed by atoms with van der Waals surface area (Å²) in [6, 6.07) is 3.88. The molecule has 1 atom stereocenters. The van der Waals surface area contributed by atoms with Crippen LogP contribution in [0.25, 0.3) is 0 Å². The van der Waals surface area contributed by atoms with E-state index < -0.39 is 10.0 Å². The molecule has 2 aliphatic rings. The average Bonchev–Trinajstić information content (AvgIpc) is 3.02. The van der Waals surface area contributed by atoms with Crippen molar-refractivity contribution in [3.05, 3.63) is 17.7 Å². The number of nitrogens with zero attached hydrogens (tertiary/aromatic N) is 2. The molecule has 1 aromatic carbocycles. The van der Waals surface area contributed by atoms with E-state index in [0.29, 0.717) is 30.4 Å². The first-order valence-corrected chi connectivity index (χ1v) is 9.54. The summed E-state index contributed by atoms with van der Waals surface area (Å²) in [5.41, 5.74) is 1.34. The topological polar surface area (TPSA) is 80.2 Å². The van der Waals surface area contributed by atoms with Gasteiger partial charge in [0, 0.05) is 18.5 Å². The Hall–Kier alpha value is -1.96. The molecule has 2 heterocycles. The second-order valence-corrected chi connectivity index (χ2v) is 7.33. The summed E-state index contributed by atoms with van der Waals surface area (Å²) in [4.78, 5) is 6.44. The highest BCUT2D eigenvalue weighted by atomic mass is 32.2. The molecule has 0 saturated carbocycles. The lowest BCUT2D eigenvalue weighted by molar-refractivity contribution is 0.210. The molecule has 0 radical (unpaired) electrons. The molecular weight excluding hydrogens is 318 g/mol. The normalized spacial score (nSPS) is 20.1. The third-order valence-corrected chi connectivity index (χ3v) is 4.43. The molecule has 3 rings (SSSR count). The molecule has 0 spiro atoms. The van der Waals surface area contributed by atoms with Crippen molar-refractivity contribution in [2.75, 3.05) is 37.3 Å². The SMILES string of the molecule is CCOc1ccc2c(c1NS(C)(=O)=O)OCCC2N1C=NCC1. The van der Waals surface area contributed by atoms with Crippen molar-refractivity contribution in [1.82, 2.24) is 4.90 Å². The van der Waals surface area contributed by atoms with Gasteiger partial charge in [-0.2, -0.15) is 0 Å². The maximum Gasteiger partial charge on any atom is 0.230 e. The van der Waals surface area contributed by atoms with Gasteiger partial charge >= 0.3 is 0 Å². The molecule has 1 unspecified atom stereocenters. The summed E-state index contributed by atoms with van der Waals surface area (Å²) < 4.78 is 37.4. The van der Waals surface area contributed by atoms with Crippen LogP contribution in [0.15, 0.2) is 17.1 Å². The van der Waals surface area contributed by atoms with Gasteiger partial charge in [0.15, 0.2) is 5.75 Å². The fourth-order valence-corrected chi connectivity index (χ4v) is 3.52. The van der Waals surface area contributed by atoms with Crippen LogP contribution in [0.5, 0.6) is 11.5 Å². The monoisotopic (exact) mass is 339 g/mol. The van der Waals surface area contributed by atoms with Crippen molar-refractivity contribution in [1.29, 1.82) is 0 Å². The highest BCUT2D eigenvalue weighted by Gasteiger charge is 2.31. The van der Waals surface area contributed by atoms with E-state index in [4.69, 9.17) is 9.47 Å². The highest BCUT2D eigenvalue weighted by molar-refractivity contribution is 7.92. The number of anilines is 1. The Kier molecular flexibility index (Phi) is 4.34. The number of rotatable bonds is 5. The van der Waals surface area contributed by atoms with Crippen LogP contribution in [0.1, 0.15) is 24.9 Å². The second-order valence-electron chi connectivity index (χ2n) is 5.58. The van der Waals surface area contributed by atoms with Gasteiger partial charge in [-0.1, -0.05) is 0 Å². The van der Waals surface area contributed by atoms with Gasteiger partial charge in [0.05, 0.1) is 38.4 Å². The van der Waals surface area contributed by atoms with Crippen molar-refractivity contribution in [2.24, 2.45) is 4.99 Å². The van der Waals surface area contributed by atoms with E-state index in [2.05, 4.69) is 14.6 Å². The number of benzene rings is 1. The second kappa shape index (κ2) is 6.27. The summed E-state index contributed by atoms with van der Waals surface area (Å²) in [6.07, 6.45) is 3.82. The minimum absolute atomic E-state index is 0.140. The third kappa shape index (κ3) is 3.36. The van der Waals surface area contributed by atoms with E-state index in [9.17, 15) is 8.42 Å².